The first kappa shape index (κ1) is 19.7. The Morgan fingerprint density at radius 3 is 2.72 bits per heavy atom. The SMILES string of the molecule is Cc1nc(C=C(CNc2cnc3ccccc3c2)P2(=O)C[C@@H](C)[C@@H](C)C2)[nH]c1O. The summed E-state index contributed by atoms with van der Waals surface area (Å²) in [4.78, 5) is 11.7. The molecule has 0 amide bonds. The fraction of sp³-hybridized carbons (Fsp3) is 0.364. The number of H-pyrrole nitrogens is 1. The van der Waals surface area contributed by atoms with Crippen molar-refractivity contribution >= 4 is 29.8 Å². The number of aromatic hydroxyl groups is 1. The molecule has 0 saturated carbocycles. The van der Waals surface area contributed by atoms with E-state index in [0.29, 0.717) is 42.2 Å². The number of aryl methyl sites for hydroxylation is 1. The molecule has 7 heteroatoms. The van der Waals surface area contributed by atoms with Crippen LogP contribution in [0, 0.1) is 18.8 Å². The van der Waals surface area contributed by atoms with Crippen molar-refractivity contribution in [1.29, 1.82) is 0 Å². The van der Waals surface area contributed by atoms with Crippen LogP contribution in [0.5, 0.6) is 5.88 Å². The minimum absolute atomic E-state index is 0.0497. The number of pyridine rings is 1. The van der Waals surface area contributed by atoms with Crippen LogP contribution in [-0.4, -0.2) is 38.9 Å². The number of hydrogen-bond donors (Lipinski definition) is 3. The Labute approximate surface area is 170 Å². The average molecular weight is 410 g/mol. The monoisotopic (exact) mass is 410 g/mol. The average Bonchev–Trinajstić information content (AvgIpc) is 3.15. The van der Waals surface area contributed by atoms with E-state index in [2.05, 4.69) is 40.2 Å². The molecule has 3 atom stereocenters. The van der Waals surface area contributed by atoms with E-state index in [1.807, 2.05) is 30.3 Å². The minimum Gasteiger partial charge on any atom is -0.493 e. The Kier molecular flexibility index (Phi) is 5.22. The predicted molar refractivity (Wildman–Crippen MR) is 119 cm³/mol. The van der Waals surface area contributed by atoms with E-state index in [4.69, 9.17) is 0 Å². The van der Waals surface area contributed by atoms with Crippen molar-refractivity contribution < 1.29 is 9.67 Å². The topological polar surface area (TPSA) is 90.9 Å². The van der Waals surface area contributed by atoms with Gasteiger partial charge in [0, 0.05) is 29.6 Å². The van der Waals surface area contributed by atoms with Gasteiger partial charge in [0.1, 0.15) is 13.0 Å². The summed E-state index contributed by atoms with van der Waals surface area (Å²) in [6, 6.07) is 10.0. The van der Waals surface area contributed by atoms with Gasteiger partial charge in [-0.05, 0) is 37.0 Å². The van der Waals surface area contributed by atoms with E-state index >= 15 is 0 Å². The van der Waals surface area contributed by atoms with Gasteiger partial charge in [0.15, 0.2) is 0 Å². The molecular weight excluding hydrogens is 383 g/mol. The van der Waals surface area contributed by atoms with Crippen molar-refractivity contribution in [2.45, 2.75) is 20.8 Å². The maximum Gasteiger partial charge on any atom is 0.211 e. The maximum atomic E-state index is 13.8. The lowest BCUT2D eigenvalue weighted by Crippen LogP contribution is -2.07. The first-order valence-electron chi connectivity index (χ1n) is 9.97. The number of anilines is 1. The van der Waals surface area contributed by atoms with Gasteiger partial charge in [0.05, 0.1) is 23.1 Å². The predicted octanol–water partition coefficient (Wildman–Crippen LogP) is 5.07. The lowest BCUT2D eigenvalue weighted by Gasteiger charge is -2.18. The summed E-state index contributed by atoms with van der Waals surface area (Å²) in [7, 11) is -2.51. The minimum atomic E-state index is -2.51. The van der Waals surface area contributed by atoms with Gasteiger partial charge < -0.3 is 20.0 Å². The number of hydrogen-bond acceptors (Lipinski definition) is 5. The molecule has 6 nitrogen and oxygen atoms in total. The fourth-order valence-electron chi connectivity index (χ4n) is 3.97. The van der Waals surface area contributed by atoms with Crippen molar-refractivity contribution in [1.82, 2.24) is 15.0 Å². The molecule has 2 aromatic heterocycles. The van der Waals surface area contributed by atoms with Crippen LogP contribution in [0.4, 0.5) is 5.69 Å². The molecule has 4 rings (SSSR count). The third kappa shape index (κ3) is 4.08. The lowest BCUT2D eigenvalue weighted by atomic mass is 10.0. The van der Waals surface area contributed by atoms with E-state index in [-0.39, 0.29) is 5.88 Å². The number of aromatic nitrogens is 3. The number of rotatable bonds is 5. The number of benzene rings is 1. The Bertz CT molecular complexity index is 1090. The number of nitrogens with zero attached hydrogens (tertiary/aromatic N) is 2. The van der Waals surface area contributed by atoms with Crippen LogP contribution in [-0.2, 0) is 4.57 Å². The molecule has 1 fully saturated rings. The van der Waals surface area contributed by atoms with Gasteiger partial charge in [-0.1, -0.05) is 32.0 Å². The largest absolute Gasteiger partial charge is 0.493 e. The summed E-state index contributed by atoms with van der Waals surface area (Å²) in [5.41, 5.74) is 2.37. The zero-order valence-electron chi connectivity index (χ0n) is 17.0. The molecule has 0 bridgehead atoms. The van der Waals surface area contributed by atoms with Gasteiger partial charge in [0.25, 0.3) is 0 Å². The standard InChI is InChI=1S/C22H27N4O2P/c1-14-12-29(28,13-15(14)2)19(9-21-25-16(3)22(27)26-21)11-23-18-8-17-6-4-5-7-20(17)24-10-18/h4-10,14-15,23,27H,11-13H2,1-3H3,(H,25,26)/t14-,15+,29?. The molecule has 152 valence electrons. The molecule has 3 heterocycles. The van der Waals surface area contributed by atoms with Gasteiger partial charge >= 0.3 is 0 Å². The highest BCUT2D eigenvalue weighted by Crippen LogP contribution is 2.62. The molecule has 1 aromatic carbocycles. The molecular formula is C22H27N4O2P. The normalized spacial score (nSPS) is 24.9. The number of imidazole rings is 1. The van der Waals surface area contributed by atoms with E-state index in [9.17, 15) is 9.67 Å². The van der Waals surface area contributed by atoms with Crippen molar-refractivity contribution in [3.05, 3.63) is 53.4 Å². The Morgan fingerprint density at radius 2 is 2.03 bits per heavy atom. The molecule has 1 aliphatic heterocycles. The third-order valence-electron chi connectivity index (χ3n) is 5.91. The van der Waals surface area contributed by atoms with Gasteiger partial charge in [-0.3, -0.25) is 4.98 Å². The summed E-state index contributed by atoms with van der Waals surface area (Å²) < 4.78 is 13.8. The highest BCUT2D eigenvalue weighted by atomic mass is 31.2. The van der Waals surface area contributed by atoms with Crippen LogP contribution in [0.15, 0.2) is 41.8 Å². The molecule has 3 aromatic rings. The second kappa shape index (κ2) is 7.68. The molecule has 1 saturated heterocycles. The van der Waals surface area contributed by atoms with E-state index in [1.165, 1.54) is 0 Å². The first-order chi connectivity index (χ1) is 13.8. The molecule has 0 aliphatic carbocycles. The summed E-state index contributed by atoms with van der Waals surface area (Å²) in [5, 5.41) is 15.2. The van der Waals surface area contributed by atoms with Crippen LogP contribution < -0.4 is 5.32 Å². The summed E-state index contributed by atoms with van der Waals surface area (Å²) >= 11 is 0. The first-order valence-corrected chi connectivity index (χ1v) is 12.1. The molecule has 3 N–H and O–H groups in total. The van der Waals surface area contributed by atoms with Gasteiger partial charge in [-0.15, -0.1) is 0 Å². The van der Waals surface area contributed by atoms with Crippen molar-refractivity contribution in [3.63, 3.8) is 0 Å². The maximum absolute atomic E-state index is 13.8. The van der Waals surface area contributed by atoms with Crippen LogP contribution in [0.25, 0.3) is 17.0 Å². The smallest absolute Gasteiger partial charge is 0.211 e. The Balaban J connectivity index is 1.63. The highest BCUT2D eigenvalue weighted by molar-refractivity contribution is 7.68. The van der Waals surface area contributed by atoms with Gasteiger partial charge in [-0.2, -0.15) is 0 Å². The fourth-order valence-corrected chi connectivity index (χ4v) is 7.90. The van der Waals surface area contributed by atoms with Crippen molar-refractivity contribution in [3.8, 4) is 5.88 Å². The van der Waals surface area contributed by atoms with Crippen molar-refractivity contribution in [2.75, 3.05) is 24.2 Å². The molecule has 1 unspecified atom stereocenters. The summed E-state index contributed by atoms with van der Waals surface area (Å²) in [5.74, 6) is 1.45. The molecule has 0 radical (unpaired) electrons. The van der Waals surface area contributed by atoms with E-state index in [1.54, 1.807) is 13.1 Å². The third-order valence-corrected chi connectivity index (χ3v) is 9.57. The second-order valence-corrected chi connectivity index (χ2v) is 11.3. The molecule has 1 aliphatic rings. The lowest BCUT2D eigenvalue weighted by molar-refractivity contribution is 0.452. The molecule has 0 spiro atoms. The van der Waals surface area contributed by atoms with Crippen LogP contribution >= 0.6 is 7.14 Å². The van der Waals surface area contributed by atoms with E-state index < -0.39 is 7.14 Å². The number of aromatic amines is 1. The molecule has 29 heavy (non-hydrogen) atoms. The Hall–Kier alpha value is -2.59. The Morgan fingerprint density at radius 1 is 1.31 bits per heavy atom. The van der Waals surface area contributed by atoms with Crippen LogP contribution in [0.3, 0.4) is 0 Å². The van der Waals surface area contributed by atoms with Gasteiger partial charge in [0.2, 0.25) is 5.88 Å². The number of para-hydroxylation sites is 1. The van der Waals surface area contributed by atoms with E-state index in [0.717, 1.165) is 21.9 Å². The van der Waals surface area contributed by atoms with Crippen molar-refractivity contribution in [2.24, 2.45) is 11.8 Å². The zero-order valence-corrected chi connectivity index (χ0v) is 17.9. The van der Waals surface area contributed by atoms with Crippen LogP contribution in [0.1, 0.15) is 25.4 Å². The number of fused-ring (bicyclic) bond motifs is 1. The quantitative estimate of drug-likeness (QED) is 0.511. The van der Waals surface area contributed by atoms with Crippen LogP contribution in [0.2, 0.25) is 0 Å². The number of nitrogens with one attached hydrogen (secondary N) is 2. The summed E-state index contributed by atoms with van der Waals surface area (Å²) in [6.07, 6.45) is 5.07. The summed E-state index contributed by atoms with van der Waals surface area (Å²) in [6.45, 7) is 6.54. The van der Waals surface area contributed by atoms with Gasteiger partial charge in [-0.25, -0.2) is 4.98 Å². The highest BCUT2D eigenvalue weighted by Gasteiger charge is 2.39. The zero-order chi connectivity index (χ0) is 20.6. The second-order valence-electron chi connectivity index (χ2n) is 8.17.